The molecule has 0 saturated heterocycles. The molecule has 2 atom stereocenters. The van der Waals surface area contributed by atoms with Crippen LogP contribution in [0.15, 0.2) is 54.7 Å². The van der Waals surface area contributed by atoms with E-state index < -0.39 is 35.6 Å². The molecule has 0 saturated carbocycles. The summed E-state index contributed by atoms with van der Waals surface area (Å²) in [5.41, 5.74) is 2.54. The molecule has 3 rings (SSSR count). The van der Waals surface area contributed by atoms with Crippen LogP contribution in [0.1, 0.15) is 30.9 Å². The first kappa shape index (κ1) is 25.8. The fraction of sp³-hybridized carbons (Fsp3) is 0.231. The third kappa shape index (κ3) is 6.87. The van der Waals surface area contributed by atoms with Crippen molar-refractivity contribution in [2.75, 3.05) is 5.32 Å². The lowest BCUT2D eigenvalue weighted by molar-refractivity contribution is -0.130. The van der Waals surface area contributed by atoms with E-state index in [1.807, 2.05) is 30.3 Å². The molecule has 1 heterocycles. The largest absolute Gasteiger partial charge is 0.361 e. The molecular weight excluding hydrogens is 460 g/mol. The monoisotopic (exact) mass is 486 g/mol. The zero-order valence-electron chi connectivity index (χ0n) is 19.6. The number of H-pyrrole nitrogens is 1. The van der Waals surface area contributed by atoms with Crippen LogP contribution in [0.2, 0.25) is 0 Å². The number of nitrogens with zero attached hydrogens (tertiary/aromatic N) is 1. The number of aromatic amines is 1. The normalized spacial score (nSPS) is 12.1. The number of fused-ring (bicyclic) bond motifs is 1. The standard InChI is InChI=1S/C26H26N6O4/c1-16(33)30-24(12-18-15-29-22-5-3-2-4-21(18)22)26(36)32-23(11-10-20(34)14-28)25(35)31-19-8-6-17(13-27)7-9-19/h2-9,14-15,23-24,28-29H,10-12H2,1H3,(H,30,33)(H,31,35)(H,32,36)/t23-,24-/m0/s1. The van der Waals surface area contributed by atoms with Gasteiger partial charge in [-0.3, -0.25) is 19.2 Å². The molecule has 0 radical (unpaired) electrons. The Hall–Kier alpha value is -4.78. The molecule has 5 N–H and O–H groups in total. The lowest BCUT2D eigenvalue weighted by Crippen LogP contribution is -2.53. The molecule has 0 spiro atoms. The Labute approximate surface area is 207 Å². The number of aromatic nitrogens is 1. The van der Waals surface area contributed by atoms with Crippen molar-refractivity contribution in [1.29, 1.82) is 10.7 Å². The average Bonchev–Trinajstić information content (AvgIpc) is 3.28. The van der Waals surface area contributed by atoms with E-state index in [1.54, 1.807) is 18.3 Å². The van der Waals surface area contributed by atoms with Crippen LogP contribution in [0.3, 0.4) is 0 Å². The van der Waals surface area contributed by atoms with E-state index in [9.17, 15) is 19.2 Å². The first-order chi connectivity index (χ1) is 17.3. The molecule has 184 valence electrons. The molecule has 0 aliphatic rings. The molecule has 0 aliphatic heterocycles. The van der Waals surface area contributed by atoms with Gasteiger partial charge in [-0.2, -0.15) is 5.26 Å². The van der Waals surface area contributed by atoms with Crippen molar-refractivity contribution in [2.45, 2.75) is 38.3 Å². The number of hydrogen-bond donors (Lipinski definition) is 5. The number of rotatable bonds is 11. The number of benzene rings is 2. The van der Waals surface area contributed by atoms with Crippen molar-refractivity contribution in [3.05, 3.63) is 65.9 Å². The van der Waals surface area contributed by atoms with Gasteiger partial charge in [0.05, 0.1) is 17.8 Å². The van der Waals surface area contributed by atoms with Crippen molar-refractivity contribution in [2.24, 2.45) is 0 Å². The summed E-state index contributed by atoms with van der Waals surface area (Å²) in [6.07, 6.45) is 2.45. The second-order valence-corrected chi connectivity index (χ2v) is 8.21. The summed E-state index contributed by atoms with van der Waals surface area (Å²) in [7, 11) is 0. The SMILES string of the molecule is CC(=O)N[C@@H](Cc1c[nH]c2ccccc12)C(=O)N[C@@H](CCC(=O)C=N)C(=O)Nc1ccc(C#N)cc1. The van der Waals surface area contributed by atoms with Gasteiger partial charge < -0.3 is 26.3 Å². The van der Waals surface area contributed by atoms with Gasteiger partial charge in [-0.05, 0) is 42.3 Å². The van der Waals surface area contributed by atoms with Gasteiger partial charge in [-0.15, -0.1) is 0 Å². The van der Waals surface area contributed by atoms with Gasteiger partial charge in [-0.25, -0.2) is 0 Å². The highest BCUT2D eigenvalue weighted by Gasteiger charge is 2.27. The Morgan fingerprint density at radius 2 is 1.75 bits per heavy atom. The van der Waals surface area contributed by atoms with E-state index in [-0.39, 0.29) is 19.3 Å². The smallest absolute Gasteiger partial charge is 0.246 e. The fourth-order valence-electron chi connectivity index (χ4n) is 3.73. The Morgan fingerprint density at radius 1 is 1.03 bits per heavy atom. The van der Waals surface area contributed by atoms with E-state index >= 15 is 0 Å². The molecule has 0 unspecified atom stereocenters. The maximum Gasteiger partial charge on any atom is 0.246 e. The summed E-state index contributed by atoms with van der Waals surface area (Å²) in [4.78, 5) is 52.9. The third-order valence-corrected chi connectivity index (χ3v) is 5.55. The van der Waals surface area contributed by atoms with E-state index in [2.05, 4.69) is 20.9 Å². The first-order valence-electron chi connectivity index (χ1n) is 11.3. The molecular formula is C26H26N6O4. The van der Waals surface area contributed by atoms with Crippen LogP contribution < -0.4 is 16.0 Å². The van der Waals surface area contributed by atoms with Gasteiger partial charge in [0.25, 0.3) is 0 Å². The van der Waals surface area contributed by atoms with Crippen LogP contribution >= 0.6 is 0 Å². The van der Waals surface area contributed by atoms with Gasteiger partial charge in [0, 0.05) is 42.6 Å². The molecule has 36 heavy (non-hydrogen) atoms. The van der Waals surface area contributed by atoms with Crippen LogP contribution in [0.25, 0.3) is 10.9 Å². The summed E-state index contributed by atoms with van der Waals surface area (Å²) < 4.78 is 0. The van der Waals surface area contributed by atoms with Gasteiger partial charge >= 0.3 is 0 Å². The summed E-state index contributed by atoms with van der Waals surface area (Å²) in [5.74, 6) is -2.05. The number of hydrogen-bond acceptors (Lipinski definition) is 6. The molecule has 1 aromatic heterocycles. The average molecular weight is 487 g/mol. The van der Waals surface area contributed by atoms with E-state index in [4.69, 9.17) is 10.7 Å². The van der Waals surface area contributed by atoms with Gasteiger partial charge in [-0.1, -0.05) is 18.2 Å². The summed E-state index contributed by atoms with van der Waals surface area (Å²) in [6.45, 7) is 1.30. The van der Waals surface area contributed by atoms with Gasteiger partial charge in [0.2, 0.25) is 17.7 Å². The minimum atomic E-state index is -1.10. The highest BCUT2D eigenvalue weighted by Crippen LogP contribution is 2.19. The number of para-hydroxylation sites is 1. The number of carbonyl (C=O) groups is 4. The van der Waals surface area contributed by atoms with Gasteiger partial charge in [0.15, 0.2) is 5.78 Å². The van der Waals surface area contributed by atoms with Crippen LogP contribution in [0.5, 0.6) is 0 Å². The number of carbonyl (C=O) groups excluding carboxylic acids is 4. The zero-order valence-corrected chi connectivity index (χ0v) is 19.6. The molecule has 2 aromatic carbocycles. The fourth-order valence-corrected chi connectivity index (χ4v) is 3.73. The lowest BCUT2D eigenvalue weighted by atomic mass is 10.0. The van der Waals surface area contributed by atoms with Crippen LogP contribution in [-0.2, 0) is 25.6 Å². The van der Waals surface area contributed by atoms with Crippen molar-refractivity contribution in [3.63, 3.8) is 0 Å². The maximum atomic E-state index is 13.2. The maximum absolute atomic E-state index is 13.2. The van der Waals surface area contributed by atoms with Crippen molar-refractivity contribution < 1.29 is 19.2 Å². The van der Waals surface area contributed by atoms with E-state index in [1.165, 1.54) is 19.1 Å². The predicted molar refractivity (Wildman–Crippen MR) is 134 cm³/mol. The summed E-state index contributed by atoms with van der Waals surface area (Å²) >= 11 is 0. The number of ketones is 1. The minimum absolute atomic E-state index is 0.0397. The summed E-state index contributed by atoms with van der Waals surface area (Å²) in [6, 6.07) is 13.7. The van der Waals surface area contributed by atoms with E-state index in [0.717, 1.165) is 16.5 Å². The number of amides is 3. The predicted octanol–water partition coefficient (Wildman–Crippen LogP) is 2.21. The van der Waals surface area contributed by atoms with Crippen LogP contribution in [-0.4, -0.2) is 46.8 Å². The molecule has 3 aromatic rings. The Morgan fingerprint density at radius 3 is 2.42 bits per heavy atom. The zero-order chi connectivity index (χ0) is 26.1. The highest BCUT2D eigenvalue weighted by atomic mass is 16.2. The number of anilines is 1. The van der Waals surface area contributed by atoms with Crippen LogP contribution in [0, 0.1) is 16.7 Å². The molecule has 0 fully saturated rings. The van der Waals surface area contributed by atoms with Crippen LogP contribution in [0.4, 0.5) is 5.69 Å². The number of Topliss-reactive ketones (excluding diaryl/α,β-unsaturated/α-hetero) is 1. The molecule has 0 bridgehead atoms. The van der Waals surface area contributed by atoms with E-state index in [0.29, 0.717) is 17.5 Å². The first-order valence-corrected chi connectivity index (χ1v) is 11.3. The Kier molecular flexibility index (Phi) is 8.67. The minimum Gasteiger partial charge on any atom is -0.361 e. The van der Waals surface area contributed by atoms with Crippen molar-refractivity contribution >= 4 is 46.3 Å². The van der Waals surface area contributed by atoms with Gasteiger partial charge in [0.1, 0.15) is 12.1 Å². The quantitative estimate of drug-likeness (QED) is 0.261. The Bertz CT molecular complexity index is 1320. The van der Waals surface area contributed by atoms with Crippen molar-refractivity contribution in [1.82, 2.24) is 15.6 Å². The third-order valence-electron chi connectivity index (χ3n) is 5.55. The molecule has 0 aliphatic carbocycles. The molecule has 10 nitrogen and oxygen atoms in total. The highest BCUT2D eigenvalue weighted by molar-refractivity contribution is 6.26. The molecule has 3 amide bonds. The van der Waals surface area contributed by atoms with Crippen molar-refractivity contribution in [3.8, 4) is 6.07 Å². The topological polar surface area (TPSA) is 168 Å². The second kappa shape index (κ2) is 12.1. The second-order valence-electron chi connectivity index (χ2n) is 8.21. The molecule has 10 heteroatoms. The number of nitrogens with one attached hydrogen (secondary N) is 5. The lowest BCUT2D eigenvalue weighted by Gasteiger charge is -2.23. The Balaban J connectivity index is 1.78. The summed E-state index contributed by atoms with van der Waals surface area (Å²) in [5, 5.41) is 24.9. The number of nitriles is 1.